The van der Waals surface area contributed by atoms with Crippen LogP contribution < -0.4 is 15.4 Å². The highest BCUT2D eigenvalue weighted by atomic mass is 35.5. The highest BCUT2D eigenvalue weighted by Gasteiger charge is 2.27. The molecule has 0 aliphatic carbocycles. The number of anilines is 1. The lowest BCUT2D eigenvalue weighted by Crippen LogP contribution is -2.42. The Morgan fingerprint density at radius 1 is 1.12 bits per heavy atom. The molecule has 0 saturated carbocycles. The smallest absolute Gasteiger partial charge is 0.321 e. The Hall–Kier alpha value is -3.26. The van der Waals surface area contributed by atoms with E-state index in [2.05, 4.69) is 10.6 Å². The van der Waals surface area contributed by atoms with E-state index in [1.54, 1.807) is 17.0 Å². The largest absolute Gasteiger partial charge is 0.493 e. The molecule has 0 atom stereocenters. The van der Waals surface area contributed by atoms with Crippen LogP contribution in [0, 0.1) is 5.92 Å². The minimum Gasteiger partial charge on any atom is -0.493 e. The van der Waals surface area contributed by atoms with Crippen molar-refractivity contribution in [3.63, 3.8) is 0 Å². The first-order valence-electron chi connectivity index (χ1n) is 10.5. The van der Waals surface area contributed by atoms with Crippen LogP contribution in [0.2, 0.25) is 5.02 Å². The molecule has 0 unspecified atom stereocenters. The molecule has 2 heterocycles. The molecule has 2 aliphatic heterocycles. The number of aliphatic carboxylic acids is 1. The zero-order chi connectivity index (χ0) is 22.7. The lowest BCUT2D eigenvalue weighted by molar-refractivity contribution is -0.143. The topological polar surface area (TPSA) is 108 Å². The number of rotatable bonds is 5. The second-order valence-electron chi connectivity index (χ2n) is 7.94. The van der Waals surface area contributed by atoms with E-state index in [1.807, 2.05) is 18.2 Å². The van der Waals surface area contributed by atoms with Gasteiger partial charge in [0, 0.05) is 31.1 Å². The van der Waals surface area contributed by atoms with Gasteiger partial charge in [0.1, 0.15) is 5.75 Å². The van der Waals surface area contributed by atoms with E-state index in [-0.39, 0.29) is 17.5 Å². The first kappa shape index (κ1) is 22.0. The minimum atomic E-state index is -0.836. The Kier molecular flexibility index (Phi) is 6.50. The quantitative estimate of drug-likeness (QED) is 0.636. The number of benzene rings is 2. The Morgan fingerprint density at radius 2 is 1.91 bits per heavy atom. The predicted molar refractivity (Wildman–Crippen MR) is 119 cm³/mol. The summed E-state index contributed by atoms with van der Waals surface area (Å²) >= 11 is 6.10. The highest BCUT2D eigenvalue weighted by Crippen LogP contribution is 2.26. The summed E-state index contributed by atoms with van der Waals surface area (Å²) in [5.41, 5.74) is 2.69. The Morgan fingerprint density at radius 3 is 2.66 bits per heavy atom. The maximum Gasteiger partial charge on any atom is 0.321 e. The predicted octanol–water partition coefficient (Wildman–Crippen LogP) is 3.53. The van der Waals surface area contributed by atoms with Crippen molar-refractivity contribution in [2.75, 3.05) is 25.0 Å². The van der Waals surface area contributed by atoms with Crippen molar-refractivity contribution in [1.29, 1.82) is 0 Å². The zero-order valence-electron chi connectivity index (χ0n) is 17.4. The summed E-state index contributed by atoms with van der Waals surface area (Å²) in [5, 5.41) is 15.1. The summed E-state index contributed by atoms with van der Waals surface area (Å²) < 4.78 is 5.51. The number of amides is 3. The molecule has 4 rings (SSSR count). The number of urea groups is 1. The molecule has 32 heavy (non-hydrogen) atoms. The van der Waals surface area contributed by atoms with Crippen molar-refractivity contribution >= 4 is 35.2 Å². The molecule has 0 aromatic heterocycles. The SMILES string of the molecule is O=C(NCc1ccc2c(c1)CCO2)c1cc(Cl)ccc1NC(=O)N1CCC(C(=O)O)CC1. The maximum atomic E-state index is 12.9. The van der Waals surface area contributed by atoms with Crippen LogP contribution in [0.4, 0.5) is 10.5 Å². The van der Waals surface area contributed by atoms with Gasteiger partial charge in [-0.05, 0) is 48.2 Å². The van der Waals surface area contributed by atoms with Crippen LogP contribution in [0.1, 0.15) is 34.3 Å². The standard InChI is InChI=1S/C23H24ClN3O5/c24-17-2-3-19(26-23(31)27-8-5-15(6-9-27)22(29)30)18(12-17)21(28)25-13-14-1-4-20-16(11-14)7-10-32-20/h1-4,11-12,15H,5-10,13H2,(H,25,28)(H,26,31)(H,29,30). The molecular formula is C23H24ClN3O5. The van der Waals surface area contributed by atoms with Gasteiger partial charge in [-0.2, -0.15) is 0 Å². The fraction of sp³-hybridized carbons (Fsp3) is 0.348. The van der Waals surface area contributed by atoms with E-state index in [0.29, 0.717) is 49.8 Å². The lowest BCUT2D eigenvalue weighted by atomic mass is 9.97. The second kappa shape index (κ2) is 9.48. The number of ether oxygens (including phenoxy) is 1. The van der Waals surface area contributed by atoms with Gasteiger partial charge >= 0.3 is 12.0 Å². The van der Waals surface area contributed by atoms with Crippen molar-refractivity contribution < 1.29 is 24.2 Å². The summed E-state index contributed by atoms with van der Waals surface area (Å²) in [4.78, 5) is 38.2. The number of carbonyl (C=O) groups is 3. The van der Waals surface area contributed by atoms with Crippen LogP contribution in [0.3, 0.4) is 0 Å². The van der Waals surface area contributed by atoms with E-state index in [1.165, 1.54) is 6.07 Å². The molecule has 2 aliphatic rings. The molecule has 9 heteroatoms. The molecule has 1 fully saturated rings. The molecule has 1 saturated heterocycles. The van der Waals surface area contributed by atoms with Crippen LogP contribution >= 0.6 is 11.6 Å². The average Bonchev–Trinajstić information content (AvgIpc) is 3.26. The van der Waals surface area contributed by atoms with Gasteiger partial charge in [0.2, 0.25) is 0 Å². The summed E-state index contributed by atoms with van der Waals surface area (Å²) in [6, 6.07) is 10.2. The molecule has 2 aromatic carbocycles. The summed E-state index contributed by atoms with van der Waals surface area (Å²) in [7, 11) is 0. The number of nitrogens with one attached hydrogen (secondary N) is 2. The number of likely N-dealkylation sites (tertiary alicyclic amines) is 1. The van der Waals surface area contributed by atoms with Crippen LogP contribution in [0.15, 0.2) is 36.4 Å². The van der Waals surface area contributed by atoms with Gasteiger partial charge in [0.05, 0.1) is 23.8 Å². The number of carbonyl (C=O) groups excluding carboxylic acids is 2. The fourth-order valence-electron chi connectivity index (χ4n) is 3.96. The van der Waals surface area contributed by atoms with Crippen LogP contribution in [-0.2, 0) is 17.8 Å². The number of fused-ring (bicyclic) bond motifs is 1. The summed E-state index contributed by atoms with van der Waals surface area (Å²) in [6.07, 6.45) is 1.66. The van der Waals surface area contributed by atoms with Crippen LogP contribution in [0.5, 0.6) is 5.75 Å². The van der Waals surface area contributed by atoms with Crippen molar-refractivity contribution in [2.24, 2.45) is 5.92 Å². The molecule has 0 bridgehead atoms. The molecule has 0 radical (unpaired) electrons. The third-order valence-electron chi connectivity index (χ3n) is 5.81. The first-order chi connectivity index (χ1) is 15.4. The van der Waals surface area contributed by atoms with Gasteiger partial charge in [0.15, 0.2) is 0 Å². The van der Waals surface area contributed by atoms with E-state index in [0.717, 1.165) is 23.3 Å². The molecule has 2 aromatic rings. The van der Waals surface area contributed by atoms with Gasteiger partial charge in [-0.3, -0.25) is 9.59 Å². The van der Waals surface area contributed by atoms with E-state index < -0.39 is 11.9 Å². The number of carboxylic acids is 1. The third-order valence-corrected chi connectivity index (χ3v) is 6.04. The maximum absolute atomic E-state index is 12.9. The molecule has 168 valence electrons. The second-order valence-corrected chi connectivity index (χ2v) is 8.38. The van der Waals surface area contributed by atoms with Gasteiger partial charge in [-0.1, -0.05) is 23.7 Å². The molecule has 3 amide bonds. The van der Waals surface area contributed by atoms with Crippen molar-refractivity contribution in [1.82, 2.24) is 10.2 Å². The Balaban J connectivity index is 1.40. The molecular weight excluding hydrogens is 434 g/mol. The number of carboxylic acid groups (broad SMARTS) is 1. The van der Waals surface area contributed by atoms with Crippen LogP contribution in [0.25, 0.3) is 0 Å². The number of piperidine rings is 1. The Bertz CT molecular complexity index is 1050. The first-order valence-corrected chi connectivity index (χ1v) is 10.9. The van der Waals surface area contributed by atoms with E-state index in [4.69, 9.17) is 21.4 Å². The van der Waals surface area contributed by atoms with Gasteiger partial charge in [0.25, 0.3) is 5.91 Å². The molecule has 3 N–H and O–H groups in total. The zero-order valence-corrected chi connectivity index (χ0v) is 18.2. The number of hydrogen-bond donors (Lipinski definition) is 3. The van der Waals surface area contributed by atoms with E-state index in [9.17, 15) is 14.4 Å². The van der Waals surface area contributed by atoms with Gasteiger partial charge < -0.3 is 25.4 Å². The minimum absolute atomic E-state index is 0.260. The summed E-state index contributed by atoms with van der Waals surface area (Å²) in [5.74, 6) is -0.740. The molecule has 8 nitrogen and oxygen atoms in total. The van der Waals surface area contributed by atoms with Gasteiger partial charge in [-0.25, -0.2) is 4.79 Å². The number of halogens is 1. The lowest BCUT2D eigenvalue weighted by Gasteiger charge is -2.30. The normalized spacial score (nSPS) is 15.6. The number of nitrogens with zero attached hydrogens (tertiary/aromatic N) is 1. The Labute approximate surface area is 190 Å². The van der Waals surface area contributed by atoms with Crippen molar-refractivity contribution in [2.45, 2.75) is 25.8 Å². The van der Waals surface area contributed by atoms with Crippen molar-refractivity contribution in [3.8, 4) is 5.75 Å². The monoisotopic (exact) mass is 457 g/mol. The fourth-order valence-corrected chi connectivity index (χ4v) is 4.14. The van der Waals surface area contributed by atoms with Crippen molar-refractivity contribution in [3.05, 3.63) is 58.1 Å². The highest BCUT2D eigenvalue weighted by molar-refractivity contribution is 6.31. The van der Waals surface area contributed by atoms with Crippen LogP contribution in [-0.4, -0.2) is 47.6 Å². The summed E-state index contributed by atoms with van der Waals surface area (Å²) in [6.45, 7) is 1.69. The van der Waals surface area contributed by atoms with Gasteiger partial charge in [-0.15, -0.1) is 0 Å². The average molecular weight is 458 g/mol. The molecule has 0 spiro atoms. The number of hydrogen-bond acceptors (Lipinski definition) is 4. The third kappa shape index (κ3) is 4.96. The van der Waals surface area contributed by atoms with E-state index >= 15 is 0 Å².